The maximum absolute atomic E-state index is 5.63. The minimum absolute atomic E-state index is 0.408. The minimum Gasteiger partial charge on any atom is -0.384 e. The fraction of sp³-hybridized carbons (Fsp3) is 0.0909. The third-order valence-corrected chi connectivity index (χ3v) is 2.32. The molecule has 2 aromatic rings. The van der Waals surface area contributed by atoms with Crippen LogP contribution in [0.1, 0.15) is 5.56 Å². The average Bonchev–Trinajstić information content (AvgIpc) is 2.17. The summed E-state index contributed by atoms with van der Waals surface area (Å²) in [6.07, 6.45) is 0. The Morgan fingerprint density at radius 1 is 1.27 bits per heavy atom. The van der Waals surface area contributed by atoms with Gasteiger partial charge in [0, 0.05) is 6.07 Å². The number of hydrogen-bond acceptors (Lipinski definition) is 3. The highest BCUT2D eigenvalue weighted by Crippen LogP contribution is 2.18. The molecule has 1 heterocycles. The number of nitrogens with zero attached hydrogens (tertiary/aromatic N) is 1. The van der Waals surface area contributed by atoms with Gasteiger partial charge in [0.25, 0.3) is 0 Å². The Kier molecular flexibility index (Phi) is 2.51. The molecule has 3 nitrogen and oxygen atoms in total. The van der Waals surface area contributed by atoms with Gasteiger partial charge in [-0.05, 0) is 24.7 Å². The standard InChI is InChI=1S/C11H11N3S/c1-7-2-4-8(5-3-7)9-6-10(12)14-11(15)13-9/h2-6H,1H3,(H3,12,13,14,15). The van der Waals surface area contributed by atoms with E-state index in [2.05, 4.69) is 9.97 Å². The molecule has 0 fully saturated rings. The van der Waals surface area contributed by atoms with E-state index in [1.165, 1.54) is 5.56 Å². The number of hydrogen-bond donors (Lipinski definition) is 2. The smallest absolute Gasteiger partial charge is 0.199 e. The molecule has 3 N–H and O–H groups in total. The first-order chi connectivity index (χ1) is 7.15. The zero-order chi connectivity index (χ0) is 10.8. The van der Waals surface area contributed by atoms with E-state index in [4.69, 9.17) is 18.0 Å². The fourth-order valence-electron chi connectivity index (χ4n) is 1.37. The monoisotopic (exact) mass is 217 g/mol. The second kappa shape index (κ2) is 3.82. The number of nitrogens with two attached hydrogens (primary N) is 1. The van der Waals surface area contributed by atoms with Crippen LogP contribution in [0.3, 0.4) is 0 Å². The molecule has 0 unspecified atom stereocenters. The Balaban J connectivity index is 2.54. The summed E-state index contributed by atoms with van der Waals surface area (Å²) in [5.74, 6) is 0.439. The second-order valence-electron chi connectivity index (χ2n) is 3.39. The van der Waals surface area contributed by atoms with Gasteiger partial charge in [0.1, 0.15) is 5.82 Å². The minimum atomic E-state index is 0.408. The highest BCUT2D eigenvalue weighted by atomic mass is 32.1. The predicted molar refractivity (Wildman–Crippen MR) is 64.0 cm³/mol. The van der Waals surface area contributed by atoms with Gasteiger partial charge < -0.3 is 10.7 Å². The van der Waals surface area contributed by atoms with E-state index >= 15 is 0 Å². The molecule has 4 heteroatoms. The van der Waals surface area contributed by atoms with Gasteiger partial charge in [-0.25, -0.2) is 4.98 Å². The van der Waals surface area contributed by atoms with Gasteiger partial charge in [0.05, 0.1) is 5.69 Å². The van der Waals surface area contributed by atoms with Crippen LogP contribution in [0.5, 0.6) is 0 Å². The maximum atomic E-state index is 5.63. The Labute approximate surface area is 93.0 Å². The maximum Gasteiger partial charge on any atom is 0.199 e. The van der Waals surface area contributed by atoms with E-state index in [9.17, 15) is 0 Å². The van der Waals surface area contributed by atoms with Crippen molar-refractivity contribution in [3.05, 3.63) is 40.7 Å². The quantitative estimate of drug-likeness (QED) is 0.722. The van der Waals surface area contributed by atoms with Crippen LogP contribution in [0.15, 0.2) is 30.3 Å². The van der Waals surface area contributed by atoms with Crippen LogP contribution in [-0.2, 0) is 0 Å². The van der Waals surface area contributed by atoms with Gasteiger partial charge in [-0.3, -0.25) is 0 Å². The van der Waals surface area contributed by atoms with E-state index in [-0.39, 0.29) is 0 Å². The highest BCUT2D eigenvalue weighted by Gasteiger charge is 1.99. The molecule has 0 aliphatic heterocycles. The first-order valence-corrected chi connectivity index (χ1v) is 5.00. The van der Waals surface area contributed by atoms with Crippen LogP contribution in [0, 0.1) is 11.7 Å². The predicted octanol–water partition coefficient (Wildman–Crippen LogP) is 2.70. The SMILES string of the molecule is Cc1ccc(-c2cc(N)nc(=S)[nH]2)cc1. The molecule has 2 rings (SSSR count). The number of anilines is 1. The second-order valence-corrected chi connectivity index (χ2v) is 3.78. The molecule has 0 bridgehead atoms. The molecular formula is C11H11N3S. The van der Waals surface area contributed by atoms with E-state index in [1.807, 2.05) is 31.2 Å². The summed E-state index contributed by atoms with van der Waals surface area (Å²) in [4.78, 5) is 6.92. The molecule has 0 atom stereocenters. The summed E-state index contributed by atoms with van der Waals surface area (Å²) in [5, 5.41) is 0. The topological polar surface area (TPSA) is 54.7 Å². The zero-order valence-corrected chi connectivity index (χ0v) is 9.14. The Morgan fingerprint density at radius 2 is 1.93 bits per heavy atom. The molecular weight excluding hydrogens is 206 g/mol. The van der Waals surface area contributed by atoms with Crippen molar-refractivity contribution in [2.24, 2.45) is 0 Å². The number of nitrogen functional groups attached to an aromatic ring is 1. The van der Waals surface area contributed by atoms with Crippen LogP contribution in [0.2, 0.25) is 0 Å². The third kappa shape index (κ3) is 2.22. The summed E-state index contributed by atoms with van der Waals surface area (Å²) in [6, 6.07) is 9.91. The zero-order valence-electron chi connectivity index (χ0n) is 8.32. The van der Waals surface area contributed by atoms with Crippen molar-refractivity contribution in [1.82, 2.24) is 9.97 Å². The number of aryl methyl sites for hydroxylation is 1. The lowest BCUT2D eigenvalue weighted by molar-refractivity contribution is 1.15. The van der Waals surface area contributed by atoms with Crippen LogP contribution < -0.4 is 5.73 Å². The lowest BCUT2D eigenvalue weighted by Crippen LogP contribution is -1.94. The molecule has 15 heavy (non-hydrogen) atoms. The summed E-state index contributed by atoms with van der Waals surface area (Å²) in [6.45, 7) is 2.05. The fourth-order valence-corrected chi connectivity index (χ4v) is 1.58. The number of rotatable bonds is 1. The van der Waals surface area contributed by atoms with Crippen molar-refractivity contribution in [2.75, 3.05) is 5.73 Å². The van der Waals surface area contributed by atoms with Gasteiger partial charge in [-0.1, -0.05) is 29.8 Å². The van der Waals surface area contributed by atoms with Gasteiger partial charge in [-0.2, -0.15) is 0 Å². The molecule has 0 aliphatic rings. The van der Waals surface area contributed by atoms with Crippen molar-refractivity contribution in [1.29, 1.82) is 0 Å². The third-order valence-electron chi connectivity index (χ3n) is 2.13. The van der Waals surface area contributed by atoms with Crippen molar-refractivity contribution in [3.63, 3.8) is 0 Å². The molecule has 0 spiro atoms. The van der Waals surface area contributed by atoms with Gasteiger partial charge in [0.15, 0.2) is 4.77 Å². The number of H-pyrrole nitrogens is 1. The van der Waals surface area contributed by atoms with Crippen LogP contribution >= 0.6 is 12.2 Å². The summed E-state index contributed by atoms with van der Waals surface area (Å²) < 4.78 is 0.408. The highest BCUT2D eigenvalue weighted by molar-refractivity contribution is 7.71. The number of aromatic amines is 1. The van der Waals surface area contributed by atoms with E-state index in [1.54, 1.807) is 6.07 Å². The Bertz CT molecular complexity index is 528. The molecule has 0 saturated heterocycles. The Morgan fingerprint density at radius 3 is 2.53 bits per heavy atom. The molecule has 0 radical (unpaired) electrons. The van der Waals surface area contributed by atoms with Gasteiger partial charge >= 0.3 is 0 Å². The average molecular weight is 217 g/mol. The lowest BCUT2D eigenvalue weighted by Gasteiger charge is -2.03. The van der Waals surface area contributed by atoms with E-state index < -0.39 is 0 Å². The molecule has 0 saturated carbocycles. The molecule has 0 aliphatic carbocycles. The first-order valence-electron chi connectivity index (χ1n) is 4.59. The molecule has 1 aromatic heterocycles. The molecule has 1 aromatic carbocycles. The first kappa shape index (κ1) is 9.86. The summed E-state index contributed by atoms with van der Waals surface area (Å²) >= 11 is 4.97. The number of benzene rings is 1. The van der Waals surface area contributed by atoms with Gasteiger partial charge in [-0.15, -0.1) is 0 Å². The van der Waals surface area contributed by atoms with Crippen LogP contribution in [-0.4, -0.2) is 9.97 Å². The van der Waals surface area contributed by atoms with Crippen molar-refractivity contribution in [2.45, 2.75) is 6.92 Å². The van der Waals surface area contributed by atoms with E-state index in [0.717, 1.165) is 11.3 Å². The van der Waals surface area contributed by atoms with Crippen molar-refractivity contribution < 1.29 is 0 Å². The number of nitrogens with one attached hydrogen (secondary N) is 1. The normalized spacial score (nSPS) is 10.2. The van der Waals surface area contributed by atoms with E-state index in [0.29, 0.717) is 10.6 Å². The van der Waals surface area contributed by atoms with Crippen LogP contribution in [0.4, 0.5) is 5.82 Å². The molecule has 76 valence electrons. The van der Waals surface area contributed by atoms with Crippen molar-refractivity contribution >= 4 is 18.0 Å². The largest absolute Gasteiger partial charge is 0.384 e. The Hall–Kier alpha value is -1.68. The summed E-state index contributed by atoms with van der Waals surface area (Å²) in [7, 11) is 0. The van der Waals surface area contributed by atoms with Gasteiger partial charge in [0.2, 0.25) is 0 Å². The van der Waals surface area contributed by atoms with Crippen LogP contribution in [0.25, 0.3) is 11.3 Å². The lowest BCUT2D eigenvalue weighted by atomic mass is 10.1. The summed E-state index contributed by atoms with van der Waals surface area (Å²) in [5.41, 5.74) is 8.80. The molecule has 0 amide bonds. The van der Waals surface area contributed by atoms with Crippen molar-refractivity contribution in [3.8, 4) is 11.3 Å². The number of aromatic nitrogens is 2.